The molecule has 5 heteroatoms. The first-order valence-electron chi connectivity index (χ1n) is 12.8. The molecule has 0 aliphatic heterocycles. The third kappa shape index (κ3) is 5.57. The summed E-state index contributed by atoms with van der Waals surface area (Å²) in [6, 6.07) is 13.9. The molecule has 184 valence electrons. The maximum Gasteiger partial charge on any atom is 0.235 e. The number of benzene rings is 2. The van der Waals surface area contributed by atoms with Crippen molar-refractivity contribution in [3.63, 3.8) is 0 Å². The van der Waals surface area contributed by atoms with Crippen LogP contribution in [0.5, 0.6) is 17.2 Å². The fourth-order valence-corrected chi connectivity index (χ4v) is 4.53. The number of unbranched alkanes of at least 4 members (excludes halogenated alkanes) is 1. The lowest BCUT2D eigenvalue weighted by atomic mass is 9.97. The molecule has 5 nitrogen and oxygen atoms in total. The van der Waals surface area contributed by atoms with Crippen LogP contribution in [0.3, 0.4) is 0 Å². The summed E-state index contributed by atoms with van der Waals surface area (Å²) in [5.74, 6) is 2.12. The zero-order valence-electron chi connectivity index (χ0n) is 21.4. The van der Waals surface area contributed by atoms with Gasteiger partial charge in [0.05, 0.1) is 36.4 Å². The molecule has 0 radical (unpaired) electrons. The maximum atomic E-state index is 13.9. The Balaban J connectivity index is 2.43. The van der Waals surface area contributed by atoms with E-state index in [-0.39, 0.29) is 5.43 Å². The molecule has 0 N–H and O–H groups in total. The normalized spacial score (nSPS) is 12.0. The Labute approximate surface area is 203 Å². The van der Waals surface area contributed by atoms with Gasteiger partial charge >= 0.3 is 0 Å². The highest BCUT2D eigenvalue weighted by Crippen LogP contribution is 2.38. The SMILES string of the molecule is CCCCC(CC)Cn1c(-c2ccccc2)c(OCC)c(=O)c2c(OCC)cc(OCC)cc21. The van der Waals surface area contributed by atoms with Crippen LogP contribution in [0.25, 0.3) is 22.2 Å². The Bertz CT molecular complexity index is 1120. The van der Waals surface area contributed by atoms with Crippen molar-refractivity contribution in [2.45, 2.75) is 66.8 Å². The highest BCUT2D eigenvalue weighted by Gasteiger charge is 2.24. The minimum atomic E-state index is -0.139. The molecule has 0 amide bonds. The molecule has 0 spiro atoms. The average molecular weight is 466 g/mol. The summed E-state index contributed by atoms with van der Waals surface area (Å²) in [5, 5.41) is 0.554. The number of aromatic nitrogens is 1. The first-order chi connectivity index (χ1) is 16.6. The second kappa shape index (κ2) is 12.5. The van der Waals surface area contributed by atoms with Crippen LogP contribution in [0, 0.1) is 5.92 Å². The van der Waals surface area contributed by atoms with E-state index in [1.807, 2.05) is 63.2 Å². The van der Waals surface area contributed by atoms with Gasteiger partial charge in [-0.2, -0.15) is 0 Å². The van der Waals surface area contributed by atoms with Crippen molar-refractivity contribution in [3.8, 4) is 28.5 Å². The van der Waals surface area contributed by atoms with Crippen molar-refractivity contribution >= 4 is 10.9 Å². The zero-order chi connectivity index (χ0) is 24.5. The zero-order valence-corrected chi connectivity index (χ0v) is 21.4. The van der Waals surface area contributed by atoms with Crippen molar-refractivity contribution in [2.75, 3.05) is 19.8 Å². The molecule has 0 bridgehead atoms. The molecule has 2 aromatic carbocycles. The molecular weight excluding hydrogens is 426 g/mol. The van der Waals surface area contributed by atoms with Crippen molar-refractivity contribution in [1.82, 2.24) is 4.57 Å². The van der Waals surface area contributed by atoms with Gasteiger partial charge in [0.1, 0.15) is 11.5 Å². The molecule has 0 saturated heterocycles. The summed E-state index contributed by atoms with van der Waals surface area (Å²) >= 11 is 0. The van der Waals surface area contributed by atoms with Crippen LogP contribution in [-0.2, 0) is 6.54 Å². The Morgan fingerprint density at radius 3 is 2.21 bits per heavy atom. The number of pyridine rings is 1. The van der Waals surface area contributed by atoms with E-state index in [0.29, 0.717) is 48.4 Å². The monoisotopic (exact) mass is 465 g/mol. The number of hydrogen-bond acceptors (Lipinski definition) is 4. The fourth-order valence-electron chi connectivity index (χ4n) is 4.53. The minimum absolute atomic E-state index is 0.139. The Morgan fingerprint density at radius 2 is 1.59 bits per heavy atom. The van der Waals surface area contributed by atoms with Crippen LogP contribution in [0.1, 0.15) is 60.3 Å². The van der Waals surface area contributed by atoms with Crippen molar-refractivity contribution in [2.24, 2.45) is 5.92 Å². The molecule has 0 aliphatic rings. The van der Waals surface area contributed by atoms with Gasteiger partial charge in [-0.3, -0.25) is 4.79 Å². The molecule has 1 heterocycles. The fraction of sp³-hybridized carbons (Fsp3) is 0.483. The highest BCUT2D eigenvalue weighted by atomic mass is 16.5. The molecule has 1 atom stereocenters. The quantitative estimate of drug-likeness (QED) is 0.271. The third-order valence-electron chi connectivity index (χ3n) is 6.19. The van der Waals surface area contributed by atoms with Crippen molar-refractivity contribution in [1.29, 1.82) is 0 Å². The Hall–Kier alpha value is -2.95. The second-order valence-corrected chi connectivity index (χ2v) is 8.51. The molecule has 3 rings (SSSR count). The standard InChI is InChI=1S/C29H39NO4/c1-6-11-15-21(7-2)20-30-24-18-23(32-8-3)19-25(33-9-4)26(24)28(31)29(34-10-5)27(30)22-16-13-12-14-17-22/h12-14,16-19,21H,6-11,15,20H2,1-5H3. The van der Waals surface area contributed by atoms with Gasteiger partial charge in [0.25, 0.3) is 0 Å². The summed E-state index contributed by atoms with van der Waals surface area (Å²) in [5.41, 5.74) is 2.48. The third-order valence-corrected chi connectivity index (χ3v) is 6.19. The Kier molecular flexibility index (Phi) is 9.43. The molecule has 0 fully saturated rings. The van der Waals surface area contributed by atoms with Crippen LogP contribution in [-0.4, -0.2) is 24.4 Å². The van der Waals surface area contributed by atoms with Crippen LogP contribution >= 0.6 is 0 Å². The van der Waals surface area contributed by atoms with E-state index in [2.05, 4.69) is 18.4 Å². The molecule has 1 unspecified atom stereocenters. The molecule has 3 aromatic rings. The topological polar surface area (TPSA) is 49.7 Å². The van der Waals surface area contributed by atoms with E-state index in [4.69, 9.17) is 14.2 Å². The molecule has 1 aromatic heterocycles. The second-order valence-electron chi connectivity index (χ2n) is 8.51. The van der Waals surface area contributed by atoms with Crippen LogP contribution < -0.4 is 19.6 Å². The van der Waals surface area contributed by atoms with Crippen LogP contribution in [0.2, 0.25) is 0 Å². The van der Waals surface area contributed by atoms with E-state index in [1.54, 1.807) is 0 Å². The van der Waals surface area contributed by atoms with Gasteiger partial charge in [-0.05, 0) is 33.1 Å². The summed E-state index contributed by atoms with van der Waals surface area (Å²) in [4.78, 5) is 13.9. The van der Waals surface area contributed by atoms with Gasteiger partial charge < -0.3 is 18.8 Å². The van der Waals surface area contributed by atoms with Gasteiger partial charge in [0.2, 0.25) is 5.43 Å². The number of ether oxygens (including phenoxy) is 3. The van der Waals surface area contributed by atoms with E-state index in [0.717, 1.165) is 36.2 Å². The first kappa shape index (κ1) is 25.7. The van der Waals surface area contributed by atoms with Crippen LogP contribution in [0.4, 0.5) is 0 Å². The van der Waals surface area contributed by atoms with Gasteiger partial charge in [-0.15, -0.1) is 0 Å². The lowest BCUT2D eigenvalue weighted by Crippen LogP contribution is -2.21. The largest absolute Gasteiger partial charge is 0.494 e. The number of nitrogens with zero attached hydrogens (tertiary/aromatic N) is 1. The molecule has 34 heavy (non-hydrogen) atoms. The first-order valence-corrected chi connectivity index (χ1v) is 12.8. The maximum absolute atomic E-state index is 13.9. The predicted molar refractivity (Wildman–Crippen MR) is 140 cm³/mol. The van der Waals surface area contributed by atoms with Gasteiger partial charge in [-0.1, -0.05) is 63.4 Å². The highest BCUT2D eigenvalue weighted by molar-refractivity contribution is 5.91. The summed E-state index contributed by atoms with van der Waals surface area (Å²) in [6.45, 7) is 12.5. The summed E-state index contributed by atoms with van der Waals surface area (Å²) < 4.78 is 20.2. The van der Waals surface area contributed by atoms with Gasteiger partial charge in [0.15, 0.2) is 5.75 Å². The summed E-state index contributed by atoms with van der Waals surface area (Å²) in [7, 11) is 0. The van der Waals surface area contributed by atoms with E-state index in [1.165, 1.54) is 12.8 Å². The lowest BCUT2D eigenvalue weighted by Gasteiger charge is -2.25. The minimum Gasteiger partial charge on any atom is -0.494 e. The van der Waals surface area contributed by atoms with Crippen molar-refractivity contribution < 1.29 is 14.2 Å². The van der Waals surface area contributed by atoms with E-state index < -0.39 is 0 Å². The molecule has 0 aliphatic carbocycles. The number of rotatable bonds is 13. The van der Waals surface area contributed by atoms with Crippen molar-refractivity contribution in [3.05, 3.63) is 52.7 Å². The number of fused-ring (bicyclic) bond motifs is 1. The molecule has 0 saturated carbocycles. The average Bonchev–Trinajstić information content (AvgIpc) is 2.85. The summed E-state index contributed by atoms with van der Waals surface area (Å²) in [6.07, 6.45) is 4.56. The van der Waals surface area contributed by atoms with Gasteiger partial charge in [0, 0.05) is 24.2 Å². The Morgan fingerprint density at radius 1 is 0.882 bits per heavy atom. The molecular formula is C29H39NO4. The lowest BCUT2D eigenvalue weighted by molar-refractivity contribution is 0.322. The van der Waals surface area contributed by atoms with E-state index in [9.17, 15) is 4.79 Å². The number of hydrogen-bond donors (Lipinski definition) is 0. The predicted octanol–water partition coefficient (Wildman–Crippen LogP) is 7.08. The van der Waals surface area contributed by atoms with Gasteiger partial charge in [-0.25, -0.2) is 0 Å². The van der Waals surface area contributed by atoms with E-state index >= 15 is 0 Å². The smallest absolute Gasteiger partial charge is 0.235 e. The van der Waals surface area contributed by atoms with Crippen LogP contribution in [0.15, 0.2) is 47.3 Å².